The van der Waals surface area contributed by atoms with Gasteiger partial charge in [0.25, 0.3) is 11.5 Å². The minimum atomic E-state index is -4.35. The van der Waals surface area contributed by atoms with E-state index in [2.05, 4.69) is 10.3 Å². The lowest BCUT2D eigenvalue weighted by Gasteiger charge is -2.47. The number of para-hydroxylation sites is 1. The zero-order valence-corrected chi connectivity index (χ0v) is 23.1. The molecule has 3 aromatic rings. The first-order chi connectivity index (χ1) is 19.0. The lowest BCUT2D eigenvalue weighted by molar-refractivity contribution is -0.214. The van der Waals surface area contributed by atoms with Gasteiger partial charge in [0.1, 0.15) is 5.75 Å². The number of methoxy groups -OCH3 is 1. The summed E-state index contributed by atoms with van der Waals surface area (Å²) < 4.78 is 55.6. The molecule has 5 rings (SSSR count). The Morgan fingerprint density at radius 1 is 1.25 bits per heavy atom. The van der Waals surface area contributed by atoms with Crippen LogP contribution in [0, 0.1) is 25.7 Å². The van der Waals surface area contributed by atoms with Gasteiger partial charge in [-0.15, -0.1) is 0 Å². The quantitative estimate of drug-likeness (QED) is 0.449. The van der Waals surface area contributed by atoms with E-state index in [1.165, 1.54) is 7.11 Å². The normalized spacial score (nSPS) is 21.3. The van der Waals surface area contributed by atoms with Crippen molar-refractivity contribution in [3.8, 4) is 5.75 Å². The fourth-order valence-corrected chi connectivity index (χ4v) is 6.37. The van der Waals surface area contributed by atoms with Crippen LogP contribution in [-0.2, 0) is 11.3 Å². The number of nitrogens with one attached hydrogen (secondary N) is 2. The van der Waals surface area contributed by atoms with Crippen molar-refractivity contribution in [1.82, 2.24) is 19.8 Å². The predicted octanol–water partition coefficient (Wildman–Crippen LogP) is 4.35. The summed E-state index contributed by atoms with van der Waals surface area (Å²) in [7, 11) is 1.46. The molecule has 2 fully saturated rings. The van der Waals surface area contributed by atoms with Gasteiger partial charge in [-0.1, -0.05) is 18.2 Å². The number of benzene rings is 1. The van der Waals surface area contributed by atoms with E-state index in [-0.39, 0.29) is 30.3 Å². The van der Waals surface area contributed by atoms with Crippen LogP contribution in [0.4, 0.5) is 13.2 Å². The van der Waals surface area contributed by atoms with Crippen LogP contribution in [-0.4, -0.2) is 66.0 Å². The molecule has 2 saturated heterocycles. The van der Waals surface area contributed by atoms with E-state index in [4.69, 9.17) is 9.47 Å². The molecule has 2 aliphatic rings. The number of aryl methyl sites for hydroxylation is 1. The largest absolute Gasteiger partial charge is 0.496 e. The number of aromatic nitrogens is 2. The van der Waals surface area contributed by atoms with Gasteiger partial charge in [0.05, 0.1) is 50.0 Å². The molecule has 216 valence electrons. The first-order valence-corrected chi connectivity index (χ1v) is 13.5. The summed E-state index contributed by atoms with van der Waals surface area (Å²) in [6.45, 7) is 6.75. The van der Waals surface area contributed by atoms with Crippen molar-refractivity contribution in [3.63, 3.8) is 0 Å². The van der Waals surface area contributed by atoms with Crippen molar-refractivity contribution in [2.24, 2.45) is 11.8 Å². The molecule has 0 spiro atoms. The molecule has 1 aromatic carbocycles. The lowest BCUT2D eigenvalue weighted by atomic mass is 9.79. The Morgan fingerprint density at radius 3 is 2.62 bits per heavy atom. The summed E-state index contributed by atoms with van der Waals surface area (Å²) in [5.74, 6) is -2.19. The molecule has 11 heteroatoms. The summed E-state index contributed by atoms with van der Waals surface area (Å²) in [5, 5.41) is 3.48. The smallest absolute Gasteiger partial charge is 0.393 e. The zero-order chi connectivity index (χ0) is 28.8. The maximum absolute atomic E-state index is 14.4. The molecule has 3 atom stereocenters. The maximum atomic E-state index is 14.4. The van der Waals surface area contributed by atoms with Crippen molar-refractivity contribution in [1.29, 1.82) is 0 Å². The summed E-state index contributed by atoms with van der Waals surface area (Å²) in [5.41, 5.74) is 2.24. The molecule has 1 amide bonds. The Kier molecular flexibility index (Phi) is 7.71. The van der Waals surface area contributed by atoms with E-state index >= 15 is 0 Å². The van der Waals surface area contributed by atoms with Crippen LogP contribution in [0.1, 0.15) is 46.7 Å². The monoisotopic (exact) mass is 560 g/mol. The molecule has 40 heavy (non-hydrogen) atoms. The standard InChI is InChI=1S/C29H35F3N4O4/c1-16-11-25(39-4)22(27(37)34-16)12-33-28(38)26-18(3)36(24-8-6-5-7-21(24)26)17(2)20-9-10-35(19-14-40-15-19)13-23(20)29(30,31)32/h5-8,11,17,19-20,23H,9-10,12-15H2,1-4H3,(H,33,38)(H,34,37)/t17-,20?,23?/m1/s1. The molecular formula is C29H35F3N4O4. The van der Waals surface area contributed by atoms with Gasteiger partial charge in [-0.2, -0.15) is 13.2 Å². The number of hydrogen-bond donors (Lipinski definition) is 2. The number of nitrogens with zero attached hydrogens (tertiary/aromatic N) is 2. The van der Waals surface area contributed by atoms with E-state index in [1.54, 1.807) is 32.0 Å². The molecule has 0 saturated carbocycles. The van der Waals surface area contributed by atoms with Crippen LogP contribution in [0.5, 0.6) is 5.75 Å². The summed E-state index contributed by atoms with van der Waals surface area (Å²) in [4.78, 5) is 30.7. The second-order valence-electron chi connectivity index (χ2n) is 10.9. The van der Waals surface area contributed by atoms with Crippen molar-refractivity contribution >= 4 is 16.8 Å². The number of pyridine rings is 1. The number of carbonyl (C=O) groups excluding carboxylic acids is 1. The van der Waals surface area contributed by atoms with Crippen molar-refractivity contribution in [3.05, 3.63) is 63.2 Å². The number of aromatic amines is 1. The van der Waals surface area contributed by atoms with Gasteiger partial charge in [-0.3, -0.25) is 14.5 Å². The third-order valence-corrected chi connectivity index (χ3v) is 8.54. The van der Waals surface area contributed by atoms with Crippen molar-refractivity contribution in [2.75, 3.05) is 33.4 Å². The molecule has 8 nitrogen and oxygen atoms in total. The van der Waals surface area contributed by atoms with Gasteiger partial charge in [0.15, 0.2) is 0 Å². The fraction of sp³-hybridized carbons (Fsp3) is 0.517. The predicted molar refractivity (Wildman–Crippen MR) is 145 cm³/mol. The first-order valence-electron chi connectivity index (χ1n) is 13.5. The molecule has 4 heterocycles. The van der Waals surface area contributed by atoms with E-state index in [9.17, 15) is 22.8 Å². The average Bonchev–Trinajstić information content (AvgIpc) is 3.17. The van der Waals surface area contributed by atoms with Gasteiger partial charge in [-0.25, -0.2) is 0 Å². The molecule has 0 radical (unpaired) electrons. The van der Waals surface area contributed by atoms with E-state index in [1.807, 2.05) is 28.5 Å². The molecule has 2 unspecified atom stereocenters. The number of hydrogen-bond acceptors (Lipinski definition) is 5. The summed E-state index contributed by atoms with van der Waals surface area (Å²) >= 11 is 0. The van der Waals surface area contributed by atoms with Crippen LogP contribution in [0.15, 0.2) is 35.1 Å². The summed E-state index contributed by atoms with van der Waals surface area (Å²) in [6, 6.07) is 8.50. The summed E-state index contributed by atoms with van der Waals surface area (Å²) in [6.07, 6.45) is -3.95. The van der Waals surface area contributed by atoms with Crippen molar-refractivity contribution < 1.29 is 27.4 Å². The number of likely N-dealkylation sites (tertiary alicyclic amines) is 1. The number of halogens is 3. The number of carbonyl (C=O) groups is 1. The third kappa shape index (κ3) is 5.12. The SMILES string of the molecule is COc1cc(C)[nH]c(=O)c1CNC(=O)c1c(C)n([C@H](C)C2CCN(C3COC3)CC2C(F)(F)F)c2ccccc12. The number of rotatable bonds is 7. The zero-order valence-electron chi connectivity index (χ0n) is 23.1. The number of piperidine rings is 1. The fourth-order valence-electron chi connectivity index (χ4n) is 6.37. The van der Waals surface area contributed by atoms with Gasteiger partial charge < -0.3 is 24.3 Å². The molecule has 0 aliphatic carbocycles. The van der Waals surface area contributed by atoms with Crippen LogP contribution in [0.3, 0.4) is 0 Å². The van der Waals surface area contributed by atoms with E-state index < -0.39 is 30.0 Å². The van der Waals surface area contributed by atoms with Crippen LogP contribution in [0.25, 0.3) is 10.9 Å². The number of amides is 1. The Bertz CT molecular complexity index is 1460. The number of ether oxygens (including phenoxy) is 2. The highest BCUT2D eigenvalue weighted by Crippen LogP contribution is 2.45. The second-order valence-corrected chi connectivity index (χ2v) is 10.9. The highest BCUT2D eigenvalue weighted by Gasteiger charge is 2.50. The molecule has 2 N–H and O–H groups in total. The van der Waals surface area contributed by atoms with Gasteiger partial charge >= 0.3 is 6.18 Å². The van der Waals surface area contributed by atoms with Gasteiger partial charge in [0.2, 0.25) is 0 Å². The highest BCUT2D eigenvalue weighted by molar-refractivity contribution is 6.08. The number of H-pyrrole nitrogens is 1. The van der Waals surface area contributed by atoms with Crippen LogP contribution >= 0.6 is 0 Å². The van der Waals surface area contributed by atoms with Crippen LogP contribution < -0.4 is 15.6 Å². The van der Waals surface area contributed by atoms with Crippen LogP contribution in [0.2, 0.25) is 0 Å². The Labute approximate surface area is 230 Å². The lowest BCUT2D eigenvalue weighted by Crippen LogP contribution is -2.57. The minimum absolute atomic E-state index is 0.0462. The Morgan fingerprint density at radius 2 is 1.98 bits per heavy atom. The van der Waals surface area contributed by atoms with Gasteiger partial charge in [0, 0.05) is 34.9 Å². The molecule has 0 bridgehead atoms. The Hall–Kier alpha value is -3.31. The molecule has 2 aromatic heterocycles. The Balaban J connectivity index is 1.46. The topological polar surface area (TPSA) is 88.6 Å². The van der Waals surface area contributed by atoms with Crippen molar-refractivity contribution in [2.45, 2.75) is 52.0 Å². The molecular weight excluding hydrogens is 525 g/mol. The number of alkyl halides is 3. The minimum Gasteiger partial charge on any atom is -0.496 e. The van der Waals surface area contributed by atoms with Gasteiger partial charge in [-0.05, 0) is 51.8 Å². The number of fused-ring (bicyclic) bond motifs is 1. The maximum Gasteiger partial charge on any atom is 0.393 e. The average molecular weight is 561 g/mol. The second kappa shape index (κ2) is 10.9. The highest BCUT2D eigenvalue weighted by atomic mass is 19.4. The van der Waals surface area contributed by atoms with E-state index in [0.717, 1.165) is 0 Å². The first kappa shape index (κ1) is 28.2. The van der Waals surface area contributed by atoms with E-state index in [0.29, 0.717) is 59.8 Å². The molecule has 2 aliphatic heterocycles. The third-order valence-electron chi connectivity index (χ3n) is 8.54.